The second kappa shape index (κ2) is 9.08. The number of ketones is 1. The monoisotopic (exact) mass is 501 g/mol. The molecule has 1 aromatic heterocycles. The molecular formula is C25H21Cl2NO6. The van der Waals surface area contributed by atoms with Gasteiger partial charge in [-0.05, 0) is 55.3 Å². The fourth-order valence-electron chi connectivity index (χ4n) is 3.98. The van der Waals surface area contributed by atoms with Gasteiger partial charge in [-0.2, -0.15) is 0 Å². The lowest BCUT2D eigenvalue weighted by atomic mass is 9.98. The van der Waals surface area contributed by atoms with E-state index in [1.54, 1.807) is 24.3 Å². The molecule has 2 heterocycles. The molecule has 176 valence electrons. The second-order valence-corrected chi connectivity index (χ2v) is 8.52. The molecule has 1 N–H and O–H groups in total. The van der Waals surface area contributed by atoms with Gasteiger partial charge in [0.1, 0.15) is 22.6 Å². The van der Waals surface area contributed by atoms with Crippen LogP contribution in [0.2, 0.25) is 10.0 Å². The van der Waals surface area contributed by atoms with E-state index in [9.17, 15) is 14.7 Å². The average Bonchev–Trinajstić information content (AvgIpc) is 3.42. The van der Waals surface area contributed by atoms with Crippen molar-refractivity contribution in [2.24, 2.45) is 0 Å². The van der Waals surface area contributed by atoms with Gasteiger partial charge in [0.25, 0.3) is 11.7 Å². The van der Waals surface area contributed by atoms with Crippen molar-refractivity contribution in [1.82, 2.24) is 0 Å². The average molecular weight is 502 g/mol. The van der Waals surface area contributed by atoms with Crippen LogP contribution >= 0.6 is 23.2 Å². The summed E-state index contributed by atoms with van der Waals surface area (Å²) in [6.07, 6.45) is 1.43. The number of ether oxygens (including phenoxy) is 2. The lowest BCUT2D eigenvalue weighted by molar-refractivity contribution is -0.132. The SMILES string of the molecule is COc1c(Cl)cc(/C(O)=C2/C(=O)C(=O)N(c3ccc(C)c(C)c3)C2c2ccco2)c(OC)c1Cl. The zero-order chi connectivity index (χ0) is 24.7. The maximum Gasteiger partial charge on any atom is 0.300 e. The van der Waals surface area contributed by atoms with Gasteiger partial charge in [0.2, 0.25) is 0 Å². The predicted molar refractivity (Wildman–Crippen MR) is 129 cm³/mol. The van der Waals surface area contributed by atoms with Gasteiger partial charge in [-0.3, -0.25) is 14.5 Å². The largest absolute Gasteiger partial charge is 0.507 e. The van der Waals surface area contributed by atoms with E-state index in [0.29, 0.717) is 11.4 Å². The number of aliphatic hydroxyl groups is 1. The number of methoxy groups -OCH3 is 2. The Balaban J connectivity index is 1.99. The fourth-order valence-corrected chi connectivity index (χ4v) is 4.67. The van der Waals surface area contributed by atoms with Gasteiger partial charge in [0.05, 0.1) is 36.6 Å². The molecule has 0 aliphatic carbocycles. The Morgan fingerprint density at radius 1 is 1.03 bits per heavy atom. The van der Waals surface area contributed by atoms with Crippen molar-refractivity contribution in [3.63, 3.8) is 0 Å². The van der Waals surface area contributed by atoms with E-state index in [-0.39, 0.29) is 32.7 Å². The van der Waals surface area contributed by atoms with E-state index in [1.807, 2.05) is 19.9 Å². The number of Topliss-reactive ketones (excluding diaryl/α,β-unsaturated/α-hetero) is 1. The summed E-state index contributed by atoms with van der Waals surface area (Å²) in [5, 5.41) is 11.5. The summed E-state index contributed by atoms with van der Waals surface area (Å²) in [6.45, 7) is 3.85. The van der Waals surface area contributed by atoms with Crippen molar-refractivity contribution in [2.75, 3.05) is 19.1 Å². The topological polar surface area (TPSA) is 89.2 Å². The highest BCUT2D eigenvalue weighted by Crippen LogP contribution is 2.48. The first-order valence-corrected chi connectivity index (χ1v) is 11.0. The number of anilines is 1. The Hall–Kier alpha value is -3.42. The van der Waals surface area contributed by atoms with Crippen LogP contribution in [-0.2, 0) is 9.59 Å². The Labute approximate surface area is 206 Å². The van der Waals surface area contributed by atoms with Crippen molar-refractivity contribution in [1.29, 1.82) is 0 Å². The van der Waals surface area contributed by atoms with Gasteiger partial charge in [0, 0.05) is 5.69 Å². The molecule has 4 rings (SSSR count). The van der Waals surface area contributed by atoms with Gasteiger partial charge in [0.15, 0.2) is 11.5 Å². The summed E-state index contributed by atoms with van der Waals surface area (Å²) < 4.78 is 16.2. The van der Waals surface area contributed by atoms with Crippen molar-refractivity contribution in [3.8, 4) is 11.5 Å². The summed E-state index contributed by atoms with van der Waals surface area (Å²) in [7, 11) is 2.74. The maximum absolute atomic E-state index is 13.3. The molecule has 0 spiro atoms. The summed E-state index contributed by atoms with van der Waals surface area (Å²) in [5.41, 5.74) is 2.31. The van der Waals surface area contributed by atoms with E-state index >= 15 is 0 Å². The summed E-state index contributed by atoms with van der Waals surface area (Å²) >= 11 is 12.7. The van der Waals surface area contributed by atoms with Crippen molar-refractivity contribution < 1.29 is 28.6 Å². The van der Waals surface area contributed by atoms with Gasteiger partial charge >= 0.3 is 0 Å². The van der Waals surface area contributed by atoms with Crippen LogP contribution in [0.3, 0.4) is 0 Å². The van der Waals surface area contributed by atoms with Crippen LogP contribution in [0.4, 0.5) is 5.69 Å². The minimum Gasteiger partial charge on any atom is -0.507 e. The standard InChI is InChI=1S/C25H21Cl2NO6/c1-12-7-8-14(10-13(12)2)28-20(17-6-5-9-34-17)18(22(30)25(28)31)21(29)15-11-16(26)24(33-4)19(27)23(15)32-3/h5-11,20,29H,1-4H3/b21-18-. The number of nitrogens with zero attached hydrogens (tertiary/aromatic N) is 1. The fraction of sp³-hybridized carbons (Fsp3) is 0.200. The lowest BCUT2D eigenvalue weighted by Crippen LogP contribution is -2.29. The van der Waals surface area contributed by atoms with Crippen LogP contribution in [0.1, 0.15) is 28.5 Å². The first kappa shape index (κ1) is 23.7. The number of aliphatic hydroxyl groups excluding tert-OH is 1. The van der Waals surface area contributed by atoms with Crippen molar-refractivity contribution in [2.45, 2.75) is 19.9 Å². The Kier molecular flexibility index (Phi) is 6.34. The number of amides is 1. The van der Waals surface area contributed by atoms with E-state index < -0.39 is 23.5 Å². The quantitative estimate of drug-likeness (QED) is 0.268. The molecule has 0 radical (unpaired) electrons. The molecule has 0 bridgehead atoms. The first-order chi connectivity index (χ1) is 16.2. The Morgan fingerprint density at radius 2 is 1.74 bits per heavy atom. The molecule has 1 amide bonds. The zero-order valence-corrected chi connectivity index (χ0v) is 20.3. The first-order valence-electron chi connectivity index (χ1n) is 10.2. The molecule has 1 aliphatic rings. The number of carbonyl (C=O) groups excluding carboxylic acids is 2. The Bertz CT molecular complexity index is 1330. The van der Waals surface area contributed by atoms with Crippen LogP contribution in [0, 0.1) is 13.8 Å². The number of carbonyl (C=O) groups is 2. The van der Waals surface area contributed by atoms with E-state index in [0.717, 1.165) is 11.1 Å². The third kappa shape index (κ3) is 3.71. The third-order valence-electron chi connectivity index (χ3n) is 5.82. The van der Waals surface area contributed by atoms with Crippen LogP contribution < -0.4 is 14.4 Å². The zero-order valence-electron chi connectivity index (χ0n) is 18.8. The highest BCUT2D eigenvalue weighted by Gasteiger charge is 2.48. The molecule has 1 aliphatic heterocycles. The van der Waals surface area contributed by atoms with E-state index in [4.69, 9.17) is 37.1 Å². The molecular weight excluding hydrogens is 481 g/mol. The summed E-state index contributed by atoms with van der Waals surface area (Å²) in [4.78, 5) is 27.8. The number of hydrogen-bond donors (Lipinski definition) is 1. The van der Waals surface area contributed by atoms with Gasteiger partial charge in [-0.15, -0.1) is 0 Å². The highest BCUT2D eigenvalue weighted by molar-refractivity contribution is 6.51. The smallest absolute Gasteiger partial charge is 0.300 e. The third-order valence-corrected chi connectivity index (χ3v) is 6.44. The number of benzene rings is 2. The summed E-state index contributed by atoms with van der Waals surface area (Å²) in [6, 6.07) is 9.00. The van der Waals surface area contributed by atoms with Crippen molar-refractivity contribution >= 4 is 46.3 Å². The number of hydrogen-bond acceptors (Lipinski definition) is 6. The maximum atomic E-state index is 13.3. The van der Waals surface area contributed by atoms with E-state index in [1.165, 1.54) is 31.4 Å². The molecule has 1 unspecified atom stereocenters. The van der Waals surface area contributed by atoms with Crippen molar-refractivity contribution in [3.05, 3.63) is 80.7 Å². The summed E-state index contributed by atoms with van der Waals surface area (Å²) in [5.74, 6) is -1.72. The number of aryl methyl sites for hydroxylation is 2. The number of furan rings is 1. The minimum absolute atomic E-state index is 0.0111. The lowest BCUT2D eigenvalue weighted by Gasteiger charge is -2.24. The number of halogens is 2. The molecule has 3 aromatic rings. The minimum atomic E-state index is -1.03. The molecule has 9 heteroatoms. The normalized spacial score (nSPS) is 17.4. The molecule has 34 heavy (non-hydrogen) atoms. The Morgan fingerprint density at radius 3 is 2.32 bits per heavy atom. The predicted octanol–water partition coefficient (Wildman–Crippen LogP) is 5.85. The van der Waals surface area contributed by atoms with Gasteiger partial charge < -0.3 is 19.0 Å². The van der Waals surface area contributed by atoms with Crippen LogP contribution in [0.5, 0.6) is 11.5 Å². The van der Waals surface area contributed by atoms with Gasteiger partial charge in [-0.25, -0.2) is 0 Å². The van der Waals surface area contributed by atoms with Gasteiger partial charge in [-0.1, -0.05) is 29.3 Å². The molecule has 2 aromatic carbocycles. The molecule has 1 atom stereocenters. The molecule has 7 nitrogen and oxygen atoms in total. The van der Waals surface area contributed by atoms with Crippen LogP contribution in [0.15, 0.2) is 52.7 Å². The molecule has 1 fully saturated rings. The molecule has 1 saturated heterocycles. The van der Waals surface area contributed by atoms with E-state index in [2.05, 4.69) is 0 Å². The van der Waals surface area contributed by atoms with Crippen LogP contribution in [-0.4, -0.2) is 31.0 Å². The highest BCUT2D eigenvalue weighted by atomic mass is 35.5. The molecule has 0 saturated carbocycles. The number of rotatable bonds is 5. The second-order valence-electron chi connectivity index (χ2n) is 7.74. The van der Waals surface area contributed by atoms with Crippen LogP contribution in [0.25, 0.3) is 5.76 Å².